The Kier molecular flexibility index (Phi) is 4.40. The van der Waals surface area contributed by atoms with Crippen molar-refractivity contribution >= 4 is 34.3 Å². The zero-order valence-electron chi connectivity index (χ0n) is 16.0. The van der Waals surface area contributed by atoms with Crippen LogP contribution in [0, 0.1) is 0 Å². The Balaban J connectivity index is 1.31. The van der Waals surface area contributed by atoms with Crippen LogP contribution in [0.15, 0.2) is 48.7 Å². The molecule has 3 aromatic rings. The van der Waals surface area contributed by atoms with E-state index in [1.165, 1.54) is 0 Å². The van der Waals surface area contributed by atoms with E-state index in [1.54, 1.807) is 25.4 Å². The van der Waals surface area contributed by atoms with Crippen molar-refractivity contribution < 1.29 is 14.3 Å². The first-order valence-corrected chi connectivity index (χ1v) is 9.55. The van der Waals surface area contributed by atoms with Crippen molar-refractivity contribution in [3.8, 4) is 5.75 Å². The molecule has 2 fully saturated rings. The van der Waals surface area contributed by atoms with Crippen molar-refractivity contribution in [1.29, 1.82) is 0 Å². The lowest BCUT2D eigenvalue weighted by Crippen LogP contribution is -2.37. The molecule has 0 unspecified atom stereocenters. The van der Waals surface area contributed by atoms with Crippen molar-refractivity contribution in [3.05, 3.63) is 48.7 Å². The van der Waals surface area contributed by atoms with E-state index >= 15 is 0 Å². The molecule has 2 aliphatic rings. The predicted molar refractivity (Wildman–Crippen MR) is 111 cm³/mol. The Bertz CT molecular complexity index is 1070. The molecule has 4 heterocycles. The summed E-state index contributed by atoms with van der Waals surface area (Å²) in [5.41, 5.74) is 1.41. The van der Waals surface area contributed by atoms with Crippen LogP contribution >= 0.6 is 0 Å². The van der Waals surface area contributed by atoms with Crippen LogP contribution in [0.25, 0.3) is 10.9 Å². The lowest BCUT2D eigenvalue weighted by molar-refractivity contribution is 0.0989. The van der Waals surface area contributed by atoms with Crippen LogP contribution in [0.3, 0.4) is 0 Å². The highest BCUT2D eigenvalue weighted by Gasteiger charge is 2.39. The number of methoxy groups -OCH3 is 1. The summed E-state index contributed by atoms with van der Waals surface area (Å²) in [5.74, 6) is 2.08. The van der Waals surface area contributed by atoms with Gasteiger partial charge in [-0.05, 0) is 36.8 Å². The molecule has 29 heavy (non-hydrogen) atoms. The smallest absolute Gasteiger partial charge is 0.324 e. The molecule has 0 spiro atoms. The number of carbonyl (C=O) groups is 1. The summed E-state index contributed by atoms with van der Waals surface area (Å²) in [4.78, 5) is 23.8. The molecule has 2 atom stereocenters. The Hall–Kier alpha value is -3.39. The molecular weight excluding hydrogens is 370 g/mol. The van der Waals surface area contributed by atoms with E-state index < -0.39 is 0 Å². The quantitative estimate of drug-likeness (QED) is 0.710. The number of morpholine rings is 1. The number of carbonyl (C=O) groups excluding carboxylic acids is 1. The molecule has 1 aromatic carbocycles. The number of amides is 2. The fourth-order valence-corrected chi connectivity index (χ4v) is 3.97. The van der Waals surface area contributed by atoms with E-state index in [0.29, 0.717) is 29.4 Å². The molecule has 148 valence electrons. The minimum atomic E-state index is -0.357. The molecule has 2 amide bonds. The monoisotopic (exact) mass is 391 g/mol. The molecule has 2 bridgehead atoms. The summed E-state index contributed by atoms with van der Waals surface area (Å²) >= 11 is 0. The highest BCUT2D eigenvalue weighted by molar-refractivity contribution is 6.05. The van der Waals surface area contributed by atoms with Gasteiger partial charge >= 0.3 is 6.03 Å². The van der Waals surface area contributed by atoms with Crippen molar-refractivity contribution in [1.82, 2.24) is 9.97 Å². The number of rotatable bonds is 4. The van der Waals surface area contributed by atoms with E-state index in [1.807, 2.05) is 30.3 Å². The third kappa shape index (κ3) is 3.42. The van der Waals surface area contributed by atoms with Gasteiger partial charge in [0.1, 0.15) is 17.4 Å². The number of fused-ring (bicyclic) bond motifs is 3. The number of aromatic nitrogens is 2. The van der Waals surface area contributed by atoms with E-state index in [-0.39, 0.29) is 6.03 Å². The summed E-state index contributed by atoms with van der Waals surface area (Å²) in [7, 11) is 1.61. The maximum absolute atomic E-state index is 12.6. The number of hydrogen-bond donors (Lipinski definition) is 2. The largest absolute Gasteiger partial charge is 0.497 e. The molecule has 5 rings (SSSR count). The molecule has 2 N–H and O–H groups in total. The van der Waals surface area contributed by atoms with Gasteiger partial charge in [-0.2, -0.15) is 0 Å². The van der Waals surface area contributed by atoms with Crippen LogP contribution in [0.2, 0.25) is 0 Å². The van der Waals surface area contributed by atoms with Crippen molar-refractivity contribution in [2.45, 2.75) is 18.6 Å². The Labute approximate surface area is 167 Å². The lowest BCUT2D eigenvalue weighted by atomic mass is 10.2. The topological polar surface area (TPSA) is 88.6 Å². The molecule has 2 aromatic heterocycles. The van der Waals surface area contributed by atoms with E-state index in [4.69, 9.17) is 9.47 Å². The number of hydrogen-bond acceptors (Lipinski definition) is 6. The first kappa shape index (κ1) is 17.7. The van der Waals surface area contributed by atoms with Gasteiger partial charge in [0.15, 0.2) is 0 Å². The highest BCUT2D eigenvalue weighted by Crippen LogP contribution is 2.32. The van der Waals surface area contributed by atoms with Crippen LogP contribution < -0.4 is 20.3 Å². The normalized spacial score (nSPS) is 20.1. The number of nitrogens with zero attached hydrogens (tertiary/aromatic N) is 3. The van der Waals surface area contributed by atoms with Crippen molar-refractivity contribution in [2.24, 2.45) is 0 Å². The number of ether oxygens (including phenoxy) is 2. The van der Waals surface area contributed by atoms with Gasteiger partial charge in [-0.15, -0.1) is 0 Å². The molecule has 2 saturated heterocycles. The second-order valence-electron chi connectivity index (χ2n) is 7.20. The number of anilines is 3. The standard InChI is InChI=1S/C21H21N5O3/c1-28-14-5-6-16-17(7-8-22-18(16)10-14)23-21(27)25-19-3-2-4-20(24-19)26-11-15-9-13(26)12-29-15/h2-8,10,13,15H,9,11-12H2,1H3,(H2,22,23,24,25,27)/t13-,15+/m1/s1. The minimum absolute atomic E-state index is 0.292. The van der Waals surface area contributed by atoms with E-state index in [0.717, 1.165) is 36.3 Å². The molecule has 0 saturated carbocycles. The second-order valence-corrected chi connectivity index (χ2v) is 7.20. The first-order chi connectivity index (χ1) is 14.2. The van der Waals surface area contributed by atoms with E-state index in [9.17, 15) is 4.79 Å². The number of nitrogens with one attached hydrogen (secondary N) is 2. The van der Waals surface area contributed by atoms with Gasteiger partial charge in [0.2, 0.25) is 0 Å². The summed E-state index contributed by atoms with van der Waals surface area (Å²) in [6, 6.07) is 13.0. The van der Waals surface area contributed by atoms with Gasteiger partial charge in [0, 0.05) is 24.2 Å². The van der Waals surface area contributed by atoms with Crippen LogP contribution in [-0.4, -0.2) is 48.4 Å². The highest BCUT2D eigenvalue weighted by atomic mass is 16.5. The average Bonchev–Trinajstić information content (AvgIpc) is 3.37. The zero-order valence-corrected chi connectivity index (χ0v) is 16.0. The maximum Gasteiger partial charge on any atom is 0.324 e. The Morgan fingerprint density at radius 1 is 1.24 bits per heavy atom. The SMILES string of the molecule is COc1ccc2c(NC(=O)Nc3cccc(N4C[C@@H]5C[C@@H]4CO5)n3)ccnc2c1. The van der Waals surface area contributed by atoms with Gasteiger partial charge in [0.25, 0.3) is 0 Å². The average molecular weight is 391 g/mol. The maximum atomic E-state index is 12.6. The summed E-state index contributed by atoms with van der Waals surface area (Å²) in [5, 5.41) is 6.54. The first-order valence-electron chi connectivity index (χ1n) is 9.55. The molecular formula is C21H21N5O3. The third-order valence-corrected chi connectivity index (χ3v) is 5.37. The van der Waals surface area contributed by atoms with Gasteiger partial charge in [-0.25, -0.2) is 9.78 Å². The lowest BCUT2D eigenvalue weighted by Gasteiger charge is -2.28. The fraction of sp³-hybridized carbons (Fsp3) is 0.286. The van der Waals surface area contributed by atoms with Gasteiger partial charge in [-0.3, -0.25) is 10.3 Å². The predicted octanol–water partition coefficient (Wildman–Crippen LogP) is 3.26. The van der Waals surface area contributed by atoms with Crippen LogP contribution in [0.1, 0.15) is 6.42 Å². The van der Waals surface area contributed by atoms with Gasteiger partial charge in [0.05, 0.1) is 37.1 Å². The van der Waals surface area contributed by atoms with Crippen molar-refractivity contribution in [2.75, 3.05) is 35.8 Å². The molecule has 0 radical (unpaired) electrons. The molecule has 2 aliphatic heterocycles. The minimum Gasteiger partial charge on any atom is -0.497 e. The molecule has 8 nitrogen and oxygen atoms in total. The number of pyridine rings is 2. The Morgan fingerprint density at radius 3 is 2.97 bits per heavy atom. The fourth-order valence-electron chi connectivity index (χ4n) is 3.97. The second kappa shape index (κ2) is 7.21. The van der Waals surface area contributed by atoms with Crippen LogP contribution in [0.4, 0.5) is 22.1 Å². The van der Waals surface area contributed by atoms with Crippen LogP contribution in [0.5, 0.6) is 5.75 Å². The Morgan fingerprint density at radius 2 is 2.17 bits per heavy atom. The van der Waals surface area contributed by atoms with Gasteiger partial charge in [-0.1, -0.05) is 6.07 Å². The third-order valence-electron chi connectivity index (χ3n) is 5.37. The zero-order chi connectivity index (χ0) is 19.8. The number of urea groups is 1. The van der Waals surface area contributed by atoms with Crippen LogP contribution in [-0.2, 0) is 4.74 Å². The summed E-state index contributed by atoms with van der Waals surface area (Å²) in [6.45, 7) is 1.59. The number of benzene rings is 1. The van der Waals surface area contributed by atoms with E-state index in [2.05, 4.69) is 25.5 Å². The van der Waals surface area contributed by atoms with Crippen molar-refractivity contribution in [3.63, 3.8) is 0 Å². The van der Waals surface area contributed by atoms with Gasteiger partial charge < -0.3 is 19.7 Å². The summed E-state index contributed by atoms with van der Waals surface area (Å²) < 4.78 is 10.9. The molecule has 0 aliphatic carbocycles. The summed E-state index contributed by atoms with van der Waals surface area (Å²) in [6.07, 6.45) is 2.99. The molecule has 8 heteroatoms.